The zero-order chi connectivity index (χ0) is 19.8. The second-order valence-electron chi connectivity index (χ2n) is 6.24. The molecule has 3 aromatic rings. The molecule has 0 atom stereocenters. The summed E-state index contributed by atoms with van der Waals surface area (Å²) in [7, 11) is 1.57. The van der Waals surface area contributed by atoms with Crippen LogP contribution >= 0.6 is 0 Å². The van der Waals surface area contributed by atoms with E-state index in [1.807, 2.05) is 31.2 Å². The Morgan fingerprint density at radius 2 is 1.18 bits per heavy atom. The molecule has 0 N–H and O–H groups in total. The molecule has 3 aromatic carbocycles. The predicted molar refractivity (Wildman–Crippen MR) is 111 cm³/mol. The molecule has 4 heteroatoms. The molecular weight excluding hydrogens is 352 g/mol. The van der Waals surface area contributed by atoms with Gasteiger partial charge in [0, 0.05) is 7.11 Å². The molecule has 0 heterocycles. The third-order valence-corrected chi connectivity index (χ3v) is 4.36. The maximum atomic E-state index is 11.9. The smallest absolute Gasteiger partial charge is 0.338 e. The molecule has 4 nitrogen and oxygen atoms in total. The Labute approximate surface area is 165 Å². The third-order valence-electron chi connectivity index (χ3n) is 4.36. The van der Waals surface area contributed by atoms with Crippen molar-refractivity contribution in [1.29, 1.82) is 0 Å². The number of carbonyl (C=O) groups excluding carboxylic acids is 1. The summed E-state index contributed by atoms with van der Waals surface area (Å²) in [6.45, 7) is 3.29. The minimum atomic E-state index is -0.338. The summed E-state index contributed by atoms with van der Waals surface area (Å²) in [5.74, 6) is 0.540. The number of hydrogen-bond acceptors (Lipinski definition) is 4. The second kappa shape index (κ2) is 9.72. The molecule has 0 saturated carbocycles. The summed E-state index contributed by atoms with van der Waals surface area (Å²) in [5.41, 5.74) is 4.96. The van der Waals surface area contributed by atoms with Crippen LogP contribution in [0, 0.1) is 0 Å². The van der Waals surface area contributed by atoms with Crippen LogP contribution in [0.15, 0.2) is 72.8 Å². The molecule has 0 saturated heterocycles. The van der Waals surface area contributed by atoms with Crippen LogP contribution in [0.5, 0.6) is 5.75 Å². The van der Waals surface area contributed by atoms with Gasteiger partial charge in [-0.25, -0.2) is 4.79 Å². The van der Waals surface area contributed by atoms with E-state index in [4.69, 9.17) is 14.2 Å². The quantitative estimate of drug-likeness (QED) is 0.399. The van der Waals surface area contributed by atoms with Gasteiger partial charge < -0.3 is 14.2 Å². The maximum absolute atomic E-state index is 11.9. The fourth-order valence-corrected chi connectivity index (χ4v) is 2.87. The van der Waals surface area contributed by atoms with Gasteiger partial charge in [0.15, 0.2) is 0 Å². The Morgan fingerprint density at radius 3 is 1.64 bits per heavy atom. The normalized spacial score (nSPS) is 10.5. The highest BCUT2D eigenvalue weighted by Crippen LogP contribution is 2.26. The van der Waals surface area contributed by atoms with Crippen molar-refractivity contribution in [2.45, 2.75) is 6.92 Å². The minimum absolute atomic E-state index is 0.254. The minimum Gasteiger partial charge on any atom is -0.494 e. The molecular formula is C24H24O4. The van der Waals surface area contributed by atoms with E-state index in [1.165, 1.54) is 0 Å². The molecule has 0 radical (unpaired) electrons. The van der Waals surface area contributed by atoms with Gasteiger partial charge in [-0.1, -0.05) is 48.5 Å². The summed E-state index contributed by atoms with van der Waals surface area (Å²) in [5, 5.41) is 0. The van der Waals surface area contributed by atoms with Crippen LogP contribution in [-0.2, 0) is 9.47 Å². The number of benzene rings is 3. The van der Waals surface area contributed by atoms with Crippen molar-refractivity contribution in [2.24, 2.45) is 0 Å². The Morgan fingerprint density at radius 1 is 0.714 bits per heavy atom. The lowest BCUT2D eigenvalue weighted by Crippen LogP contribution is -2.09. The van der Waals surface area contributed by atoms with Crippen molar-refractivity contribution < 1.29 is 19.0 Å². The molecule has 0 unspecified atom stereocenters. The second-order valence-corrected chi connectivity index (χ2v) is 6.24. The number of carbonyl (C=O) groups is 1. The van der Waals surface area contributed by atoms with Crippen LogP contribution < -0.4 is 4.74 Å². The first kappa shape index (κ1) is 19.6. The molecule has 28 heavy (non-hydrogen) atoms. The van der Waals surface area contributed by atoms with Crippen LogP contribution in [0.1, 0.15) is 17.3 Å². The first-order valence-corrected chi connectivity index (χ1v) is 9.31. The molecule has 0 aliphatic heterocycles. The first-order valence-electron chi connectivity index (χ1n) is 9.31. The van der Waals surface area contributed by atoms with Crippen LogP contribution in [0.4, 0.5) is 0 Å². The maximum Gasteiger partial charge on any atom is 0.338 e. The fourth-order valence-electron chi connectivity index (χ4n) is 2.87. The highest BCUT2D eigenvalue weighted by atomic mass is 16.6. The van der Waals surface area contributed by atoms with Crippen molar-refractivity contribution >= 4 is 5.97 Å². The predicted octanol–water partition coefficient (Wildman–Crippen LogP) is 5.22. The molecule has 0 aromatic heterocycles. The summed E-state index contributed by atoms with van der Waals surface area (Å²) >= 11 is 0. The van der Waals surface area contributed by atoms with Gasteiger partial charge in [0.05, 0.1) is 18.8 Å². The largest absolute Gasteiger partial charge is 0.494 e. The van der Waals surface area contributed by atoms with Crippen molar-refractivity contribution in [3.63, 3.8) is 0 Å². The highest BCUT2D eigenvalue weighted by Gasteiger charge is 2.07. The zero-order valence-corrected chi connectivity index (χ0v) is 16.2. The summed E-state index contributed by atoms with van der Waals surface area (Å²) < 4.78 is 15.5. The van der Waals surface area contributed by atoms with E-state index >= 15 is 0 Å². The molecule has 0 amide bonds. The Kier molecular flexibility index (Phi) is 6.82. The Bertz CT molecular complexity index is 881. The molecule has 0 fully saturated rings. The first-order chi connectivity index (χ1) is 13.7. The molecule has 0 aliphatic rings. The van der Waals surface area contributed by atoms with Gasteiger partial charge in [-0.3, -0.25) is 0 Å². The Hall–Kier alpha value is -3.11. The van der Waals surface area contributed by atoms with E-state index in [9.17, 15) is 4.79 Å². The summed E-state index contributed by atoms with van der Waals surface area (Å²) in [6, 6.07) is 23.9. The van der Waals surface area contributed by atoms with Crippen molar-refractivity contribution in [2.75, 3.05) is 26.9 Å². The number of methoxy groups -OCH3 is 1. The zero-order valence-electron chi connectivity index (χ0n) is 16.2. The van der Waals surface area contributed by atoms with Crippen LogP contribution in [0.2, 0.25) is 0 Å². The monoisotopic (exact) mass is 376 g/mol. The molecule has 144 valence electrons. The van der Waals surface area contributed by atoms with Crippen LogP contribution in [0.3, 0.4) is 0 Å². The lowest BCUT2D eigenvalue weighted by atomic mass is 9.99. The van der Waals surface area contributed by atoms with Crippen molar-refractivity contribution in [3.05, 3.63) is 78.4 Å². The van der Waals surface area contributed by atoms with Crippen LogP contribution in [-0.4, -0.2) is 32.9 Å². The van der Waals surface area contributed by atoms with Gasteiger partial charge >= 0.3 is 5.97 Å². The van der Waals surface area contributed by atoms with Gasteiger partial charge in [0.25, 0.3) is 0 Å². The standard InChI is InChI=1S/C24H24O4/c1-3-27-23-14-12-21(13-15-23)19-6-4-18(5-7-19)20-8-10-22(11-9-20)24(25)28-17-16-26-2/h4-15H,3,16-17H2,1-2H3. The number of rotatable bonds is 8. The fraction of sp³-hybridized carbons (Fsp3) is 0.208. The van der Waals surface area contributed by atoms with E-state index in [2.05, 4.69) is 36.4 Å². The SMILES string of the molecule is CCOc1ccc(-c2ccc(-c3ccc(C(=O)OCCOC)cc3)cc2)cc1. The van der Waals surface area contributed by atoms with E-state index in [0.29, 0.717) is 18.8 Å². The number of esters is 1. The highest BCUT2D eigenvalue weighted by molar-refractivity contribution is 5.90. The molecule has 0 aliphatic carbocycles. The molecule has 0 spiro atoms. The topological polar surface area (TPSA) is 44.8 Å². The van der Waals surface area contributed by atoms with E-state index in [-0.39, 0.29) is 12.6 Å². The number of hydrogen-bond donors (Lipinski definition) is 0. The van der Waals surface area contributed by atoms with E-state index in [0.717, 1.165) is 28.0 Å². The molecule has 0 bridgehead atoms. The van der Waals surface area contributed by atoms with E-state index < -0.39 is 0 Å². The summed E-state index contributed by atoms with van der Waals surface area (Å²) in [4.78, 5) is 11.9. The van der Waals surface area contributed by atoms with Gasteiger partial charge in [-0.15, -0.1) is 0 Å². The average molecular weight is 376 g/mol. The molecule has 3 rings (SSSR count). The lowest BCUT2D eigenvalue weighted by Gasteiger charge is -2.08. The van der Waals surface area contributed by atoms with Gasteiger partial charge in [0.2, 0.25) is 0 Å². The van der Waals surface area contributed by atoms with Gasteiger partial charge in [-0.2, -0.15) is 0 Å². The van der Waals surface area contributed by atoms with Crippen molar-refractivity contribution in [3.8, 4) is 28.0 Å². The van der Waals surface area contributed by atoms with Gasteiger partial charge in [-0.05, 0) is 53.4 Å². The number of ether oxygens (including phenoxy) is 3. The summed E-state index contributed by atoms with van der Waals surface area (Å²) in [6.07, 6.45) is 0. The van der Waals surface area contributed by atoms with Crippen molar-refractivity contribution in [1.82, 2.24) is 0 Å². The van der Waals surface area contributed by atoms with E-state index in [1.54, 1.807) is 19.2 Å². The third kappa shape index (κ3) is 4.99. The Balaban J connectivity index is 1.68. The lowest BCUT2D eigenvalue weighted by molar-refractivity contribution is 0.0388. The average Bonchev–Trinajstić information content (AvgIpc) is 2.75. The van der Waals surface area contributed by atoms with Crippen LogP contribution in [0.25, 0.3) is 22.3 Å². The van der Waals surface area contributed by atoms with Gasteiger partial charge in [0.1, 0.15) is 12.4 Å².